The third kappa shape index (κ3) is 5.52. The Morgan fingerprint density at radius 1 is 0.867 bits per heavy atom. The van der Waals surface area contributed by atoms with Crippen molar-refractivity contribution in [1.29, 1.82) is 0 Å². The van der Waals surface area contributed by atoms with Crippen LogP contribution in [0.2, 0.25) is 0 Å². The Bertz CT molecular complexity index is 821. The van der Waals surface area contributed by atoms with Gasteiger partial charge in [0.1, 0.15) is 0 Å². The highest BCUT2D eigenvalue weighted by Gasteiger charge is 2.30. The molecular weight excluding hydrogens is 399 g/mol. The minimum Gasteiger partial charge on any atom is -0.490 e. The van der Waals surface area contributed by atoms with Crippen LogP contribution in [-0.4, -0.2) is 6.61 Å². The van der Waals surface area contributed by atoms with Crippen molar-refractivity contribution in [1.82, 2.24) is 0 Å². The van der Waals surface area contributed by atoms with Gasteiger partial charge in [-0.25, -0.2) is 4.39 Å². The molecule has 30 heavy (non-hydrogen) atoms. The Morgan fingerprint density at radius 3 is 2.10 bits per heavy atom. The molecule has 0 heterocycles. The Kier molecular flexibility index (Phi) is 7.37. The van der Waals surface area contributed by atoms with Gasteiger partial charge in [-0.2, -0.15) is 17.6 Å². The summed E-state index contributed by atoms with van der Waals surface area (Å²) in [5.74, 6) is -1.28. The molecule has 0 spiro atoms. The molecular formula is C24H27F5O. The minimum atomic E-state index is -4.48. The van der Waals surface area contributed by atoms with E-state index < -0.39 is 23.4 Å². The van der Waals surface area contributed by atoms with Crippen LogP contribution in [0, 0.1) is 23.5 Å². The summed E-state index contributed by atoms with van der Waals surface area (Å²) in [6.45, 7) is 2.53. The van der Waals surface area contributed by atoms with Crippen molar-refractivity contribution in [3.05, 3.63) is 53.6 Å². The Morgan fingerprint density at radius 2 is 1.50 bits per heavy atom. The first-order valence-corrected chi connectivity index (χ1v) is 10.6. The summed E-state index contributed by atoms with van der Waals surface area (Å²) in [5.41, 5.74) is -0.752. The third-order valence-corrected chi connectivity index (χ3v) is 5.98. The number of ether oxygens (including phenoxy) is 1. The van der Waals surface area contributed by atoms with Crippen molar-refractivity contribution in [2.75, 3.05) is 6.61 Å². The molecule has 0 N–H and O–H groups in total. The minimum absolute atomic E-state index is 0.0926. The van der Waals surface area contributed by atoms with Crippen LogP contribution < -0.4 is 4.74 Å². The first-order valence-electron chi connectivity index (χ1n) is 10.6. The van der Waals surface area contributed by atoms with Gasteiger partial charge in [-0.3, -0.25) is 0 Å². The molecule has 0 saturated heterocycles. The van der Waals surface area contributed by atoms with Crippen LogP contribution >= 0.6 is 0 Å². The molecule has 0 aromatic heterocycles. The molecule has 0 atom stereocenters. The topological polar surface area (TPSA) is 9.23 Å². The normalized spacial score (nSPS) is 19.7. The van der Waals surface area contributed by atoms with Crippen molar-refractivity contribution < 1.29 is 26.7 Å². The predicted octanol–water partition coefficient (Wildman–Crippen LogP) is 8.03. The third-order valence-electron chi connectivity index (χ3n) is 5.98. The molecule has 6 heteroatoms. The highest BCUT2D eigenvalue weighted by molar-refractivity contribution is 5.65. The number of halogens is 5. The van der Waals surface area contributed by atoms with E-state index in [-0.39, 0.29) is 16.9 Å². The van der Waals surface area contributed by atoms with E-state index in [1.165, 1.54) is 31.4 Å². The lowest BCUT2D eigenvalue weighted by atomic mass is 9.80. The van der Waals surface area contributed by atoms with Gasteiger partial charge < -0.3 is 4.74 Å². The average molecular weight is 426 g/mol. The number of rotatable bonds is 7. The van der Waals surface area contributed by atoms with Gasteiger partial charge in [0, 0.05) is 5.56 Å². The molecule has 0 amide bonds. The molecule has 0 aliphatic heterocycles. The van der Waals surface area contributed by atoms with Gasteiger partial charge in [-0.1, -0.05) is 51.2 Å². The maximum absolute atomic E-state index is 14.5. The Hall–Kier alpha value is -2.11. The van der Waals surface area contributed by atoms with Gasteiger partial charge in [0.15, 0.2) is 11.6 Å². The SMILES string of the molecule is CCCC[C@H]1CC[C@H](COc2ccc(-c3ccc(C(F)(F)F)cc3)c(F)c2F)CC1. The summed E-state index contributed by atoms with van der Waals surface area (Å²) in [4.78, 5) is 0. The van der Waals surface area contributed by atoms with E-state index in [0.717, 1.165) is 55.9 Å². The van der Waals surface area contributed by atoms with Crippen molar-refractivity contribution in [3.63, 3.8) is 0 Å². The smallest absolute Gasteiger partial charge is 0.416 e. The Labute approximate surface area is 174 Å². The fraction of sp³-hybridized carbons (Fsp3) is 0.500. The van der Waals surface area contributed by atoms with Gasteiger partial charge in [0.05, 0.1) is 12.2 Å². The van der Waals surface area contributed by atoms with Gasteiger partial charge in [0.25, 0.3) is 0 Å². The van der Waals surface area contributed by atoms with E-state index >= 15 is 0 Å². The first-order chi connectivity index (χ1) is 14.3. The average Bonchev–Trinajstić information content (AvgIpc) is 2.73. The molecule has 2 aromatic rings. The lowest BCUT2D eigenvalue weighted by molar-refractivity contribution is -0.137. The summed E-state index contributed by atoms with van der Waals surface area (Å²) in [7, 11) is 0. The van der Waals surface area contributed by atoms with E-state index in [0.29, 0.717) is 12.5 Å². The van der Waals surface area contributed by atoms with Gasteiger partial charge in [-0.15, -0.1) is 0 Å². The molecule has 164 valence electrons. The monoisotopic (exact) mass is 426 g/mol. The maximum Gasteiger partial charge on any atom is 0.416 e. The van der Waals surface area contributed by atoms with E-state index in [1.54, 1.807) is 0 Å². The van der Waals surface area contributed by atoms with Crippen molar-refractivity contribution in [2.24, 2.45) is 11.8 Å². The van der Waals surface area contributed by atoms with Gasteiger partial charge in [-0.05, 0) is 54.5 Å². The van der Waals surface area contributed by atoms with Crippen LogP contribution in [0.25, 0.3) is 11.1 Å². The zero-order valence-electron chi connectivity index (χ0n) is 17.1. The maximum atomic E-state index is 14.5. The summed E-state index contributed by atoms with van der Waals surface area (Å²) in [6.07, 6.45) is 3.60. The number of alkyl halides is 3. The zero-order valence-corrected chi connectivity index (χ0v) is 17.1. The van der Waals surface area contributed by atoms with E-state index in [9.17, 15) is 22.0 Å². The Balaban J connectivity index is 1.61. The molecule has 2 aromatic carbocycles. The summed E-state index contributed by atoms with van der Waals surface area (Å²) in [5, 5.41) is 0. The van der Waals surface area contributed by atoms with Crippen LogP contribution in [0.4, 0.5) is 22.0 Å². The van der Waals surface area contributed by atoms with E-state index in [2.05, 4.69) is 6.92 Å². The molecule has 1 aliphatic rings. The number of hydrogen-bond donors (Lipinski definition) is 0. The van der Waals surface area contributed by atoms with Crippen LogP contribution in [-0.2, 0) is 6.18 Å². The second kappa shape index (κ2) is 9.80. The molecule has 1 saturated carbocycles. The quantitative estimate of drug-likeness (QED) is 0.407. The lowest BCUT2D eigenvalue weighted by Gasteiger charge is -2.28. The molecule has 0 unspecified atom stereocenters. The van der Waals surface area contributed by atoms with Crippen LogP contribution in [0.15, 0.2) is 36.4 Å². The van der Waals surface area contributed by atoms with Crippen molar-refractivity contribution in [3.8, 4) is 16.9 Å². The molecule has 1 aliphatic carbocycles. The van der Waals surface area contributed by atoms with Gasteiger partial charge in [0.2, 0.25) is 5.82 Å². The largest absolute Gasteiger partial charge is 0.490 e. The highest BCUT2D eigenvalue weighted by Crippen LogP contribution is 2.35. The summed E-state index contributed by atoms with van der Waals surface area (Å²) >= 11 is 0. The highest BCUT2D eigenvalue weighted by atomic mass is 19.4. The van der Waals surface area contributed by atoms with Crippen LogP contribution in [0.3, 0.4) is 0 Å². The number of unbranched alkanes of at least 4 members (excludes halogenated alkanes) is 1. The van der Waals surface area contributed by atoms with Crippen LogP contribution in [0.1, 0.15) is 57.4 Å². The summed E-state index contributed by atoms with van der Waals surface area (Å²) < 4.78 is 72.6. The van der Waals surface area contributed by atoms with Crippen molar-refractivity contribution in [2.45, 2.75) is 58.0 Å². The van der Waals surface area contributed by atoms with Gasteiger partial charge >= 0.3 is 6.18 Å². The molecule has 0 radical (unpaired) electrons. The molecule has 3 rings (SSSR count). The second-order valence-electron chi connectivity index (χ2n) is 8.15. The van der Waals surface area contributed by atoms with Crippen molar-refractivity contribution >= 4 is 0 Å². The standard InChI is InChI=1S/C24H27F5O/c1-2-3-4-16-5-7-17(8-6-16)15-30-21-14-13-20(22(25)23(21)26)18-9-11-19(12-10-18)24(27,28)29/h9-14,16-17H,2-8,15H2,1H3/t16-,17-. The molecule has 0 bridgehead atoms. The van der Waals surface area contributed by atoms with E-state index in [1.807, 2.05) is 0 Å². The molecule has 1 nitrogen and oxygen atoms in total. The first kappa shape index (κ1) is 22.6. The molecule has 1 fully saturated rings. The predicted molar refractivity (Wildman–Crippen MR) is 107 cm³/mol. The number of benzene rings is 2. The van der Waals surface area contributed by atoms with Crippen LogP contribution in [0.5, 0.6) is 5.75 Å². The fourth-order valence-corrected chi connectivity index (χ4v) is 4.09. The second-order valence-corrected chi connectivity index (χ2v) is 8.15. The fourth-order valence-electron chi connectivity index (χ4n) is 4.09. The summed E-state index contributed by atoms with van der Waals surface area (Å²) in [6, 6.07) is 6.68. The number of hydrogen-bond acceptors (Lipinski definition) is 1. The van der Waals surface area contributed by atoms with E-state index in [4.69, 9.17) is 4.74 Å². The zero-order chi connectivity index (χ0) is 21.7. The lowest BCUT2D eigenvalue weighted by Crippen LogP contribution is -2.20.